The maximum Gasteiger partial charge on any atom is 0.350 e. The van der Waals surface area contributed by atoms with Crippen molar-refractivity contribution in [1.82, 2.24) is 4.98 Å². The van der Waals surface area contributed by atoms with Gasteiger partial charge in [0.15, 0.2) is 5.78 Å². The number of rotatable bonds is 9. The third-order valence-corrected chi connectivity index (χ3v) is 6.56. The minimum atomic E-state index is -0.815. The van der Waals surface area contributed by atoms with E-state index in [0.29, 0.717) is 34.7 Å². The number of halogens is 3. The molecule has 0 fully saturated rings. The molecule has 0 spiro atoms. The van der Waals surface area contributed by atoms with Crippen LogP contribution in [0.2, 0.25) is 10.2 Å². The molecule has 1 atom stereocenters. The number of hydrogen-bond acceptors (Lipinski definition) is 9. The molecule has 1 radical (unpaired) electrons. The molecule has 1 unspecified atom stereocenters. The fourth-order valence-corrected chi connectivity index (χ4v) is 3.98. The van der Waals surface area contributed by atoms with Gasteiger partial charge in [-0.05, 0) is 38.0 Å². The molecule has 2 aromatic heterocycles. The van der Waals surface area contributed by atoms with E-state index < -0.39 is 23.1 Å². The second-order valence-corrected chi connectivity index (χ2v) is 10.1. The van der Waals surface area contributed by atoms with Crippen molar-refractivity contribution in [2.75, 3.05) is 7.05 Å². The van der Waals surface area contributed by atoms with Gasteiger partial charge in [0.2, 0.25) is 0 Å². The molecular weight excluding hydrogens is 663 g/mol. The average Bonchev–Trinajstić information content (AvgIpc) is 3.21. The Bertz CT molecular complexity index is 1300. The summed E-state index contributed by atoms with van der Waals surface area (Å²) < 4.78 is 23.4. The molecule has 217 valence electrons. The third kappa shape index (κ3) is 11.9. The Morgan fingerprint density at radius 2 is 1.90 bits per heavy atom. The summed E-state index contributed by atoms with van der Waals surface area (Å²) in [5.41, 5.74) is 4.64. The van der Waals surface area contributed by atoms with E-state index in [2.05, 4.69) is 9.87 Å². The Balaban J connectivity index is 0.000000718. The minimum Gasteiger partial charge on any atom is -0.680 e. The van der Waals surface area contributed by atoms with Gasteiger partial charge < -0.3 is 24.9 Å². The largest absolute Gasteiger partial charge is 0.680 e. The van der Waals surface area contributed by atoms with E-state index >= 15 is 0 Å². The number of allylic oxidation sites excluding steroid dienone is 1. The zero-order valence-electron chi connectivity index (χ0n) is 22.5. The maximum atomic E-state index is 12.9. The number of ether oxygens (including phenoxy) is 1. The van der Waals surface area contributed by atoms with E-state index in [1.165, 1.54) is 42.6 Å². The summed E-state index contributed by atoms with van der Waals surface area (Å²) in [4.78, 5) is 32.4. The SMILES string of the molecule is CC(C)C(=O)c1c(O)cc(C(C)CC/C=C\OO)oc1=O.C[NH-].Cc1sc(Oc2ccc(F)c(Cl)c2)nc1Cl.[Y]. The topological polar surface area (TPSA) is 143 Å². The van der Waals surface area contributed by atoms with Gasteiger partial charge in [0, 0.05) is 61.6 Å². The minimum absolute atomic E-state index is 0. The molecule has 3 rings (SSSR count). The smallest absolute Gasteiger partial charge is 0.350 e. The van der Waals surface area contributed by atoms with Crippen LogP contribution in [0.3, 0.4) is 0 Å². The Kier molecular flexibility index (Phi) is 18.4. The Morgan fingerprint density at radius 3 is 2.40 bits per heavy atom. The quantitative estimate of drug-likeness (QED) is 0.0985. The molecule has 3 N–H and O–H groups in total. The van der Waals surface area contributed by atoms with E-state index in [9.17, 15) is 19.1 Å². The number of thiazole rings is 1. The number of carbonyl (C=O) groups is 1. The van der Waals surface area contributed by atoms with Gasteiger partial charge in [0.25, 0.3) is 5.19 Å². The Labute approximate surface area is 270 Å². The molecule has 14 heteroatoms. The molecule has 0 aliphatic heterocycles. The average molecular weight is 693 g/mol. The number of carbonyl (C=O) groups excluding carboxylic acids is 1. The molecular formula is C26H30Cl2FN2O7SY-. The van der Waals surface area contributed by atoms with Gasteiger partial charge in [-0.15, -0.1) is 0 Å². The van der Waals surface area contributed by atoms with Crippen molar-refractivity contribution in [2.45, 2.75) is 46.5 Å². The van der Waals surface area contributed by atoms with Crippen LogP contribution in [0.4, 0.5) is 4.39 Å². The molecule has 0 bridgehead atoms. The number of benzene rings is 1. The van der Waals surface area contributed by atoms with Crippen LogP contribution in [0.15, 0.2) is 45.8 Å². The number of aromatic nitrogens is 1. The molecule has 40 heavy (non-hydrogen) atoms. The van der Waals surface area contributed by atoms with Gasteiger partial charge in [0.05, 0.1) is 5.02 Å². The van der Waals surface area contributed by atoms with Crippen LogP contribution in [0.1, 0.15) is 60.5 Å². The second-order valence-electron chi connectivity index (χ2n) is 8.18. The molecule has 3 aromatic rings. The van der Waals surface area contributed by atoms with Gasteiger partial charge in [-0.2, -0.15) is 12.0 Å². The summed E-state index contributed by atoms with van der Waals surface area (Å²) in [6.45, 7) is 6.96. The number of nitrogens with one attached hydrogen (secondary N) is 1. The number of ketones is 1. The van der Waals surface area contributed by atoms with E-state index in [0.717, 1.165) is 11.1 Å². The molecule has 2 heterocycles. The molecule has 1 aromatic carbocycles. The van der Waals surface area contributed by atoms with Gasteiger partial charge >= 0.3 is 5.63 Å². The van der Waals surface area contributed by atoms with Crippen LogP contribution in [0, 0.1) is 18.7 Å². The summed E-state index contributed by atoms with van der Waals surface area (Å²) in [5.74, 6) is -1.05. The Morgan fingerprint density at radius 1 is 1.25 bits per heavy atom. The predicted molar refractivity (Wildman–Crippen MR) is 150 cm³/mol. The summed E-state index contributed by atoms with van der Waals surface area (Å²) in [6.07, 6.45) is 3.98. The van der Waals surface area contributed by atoms with E-state index in [4.69, 9.17) is 43.3 Å². The number of nitrogens with zero attached hydrogens (tertiary/aromatic N) is 1. The number of aromatic hydroxyl groups is 1. The zero-order valence-corrected chi connectivity index (χ0v) is 27.7. The molecule has 0 aliphatic carbocycles. The normalized spacial score (nSPS) is 11.1. The summed E-state index contributed by atoms with van der Waals surface area (Å²) in [6, 6.07) is 5.42. The van der Waals surface area contributed by atoms with Crippen LogP contribution in [-0.2, 0) is 37.6 Å². The summed E-state index contributed by atoms with van der Waals surface area (Å²) >= 11 is 12.7. The third-order valence-electron chi connectivity index (χ3n) is 4.95. The summed E-state index contributed by atoms with van der Waals surface area (Å²) in [5, 5.41) is 18.9. The number of hydrogen-bond donors (Lipinski definition) is 2. The molecule has 0 saturated heterocycles. The van der Waals surface area contributed by atoms with Crippen LogP contribution in [-0.4, -0.2) is 28.2 Å². The van der Waals surface area contributed by atoms with Crippen molar-refractivity contribution in [3.63, 3.8) is 0 Å². The first kappa shape index (κ1) is 38.1. The fraction of sp³-hybridized carbons (Fsp3) is 0.346. The molecule has 0 saturated carbocycles. The van der Waals surface area contributed by atoms with E-state index in [1.54, 1.807) is 19.9 Å². The van der Waals surface area contributed by atoms with Crippen LogP contribution in [0.5, 0.6) is 16.7 Å². The zero-order chi connectivity index (χ0) is 29.7. The first-order chi connectivity index (χ1) is 18.4. The molecule has 0 amide bonds. The van der Waals surface area contributed by atoms with Crippen molar-refractivity contribution in [3.8, 4) is 16.7 Å². The Hall–Kier alpha value is -1.86. The second kappa shape index (κ2) is 19.3. The first-order valence-corrected chi connectivity index (χ1v) is 13.1. The predicted octanol–water partition coefficient (Wildman–Crippen LogP) is 8.43. The first-order valence-electron chi connectivity index (χ1n) is 11.6. The van der Waals surface area contributed by atoms with Gasteiger partial charge in [-0.1, -0.05) is 55.3 Å². The number of Topliss-reactive ketones (excluding diaryl/α,β-unsaturated/α-hetero) is 1. The van der Waals surface area contributed by atoms with Gasteiger partial charge in [-0.25, -0.2) is 14.4 Å². The van der Waals surface area contributed by atoms with Gasteiger partial charge in [-0.3, -0.25) is 4.79 Å². The van der Waals surface area contributed by atoms with E-state index in [1.807, 2.05) is 13.8 Å². The van der Waals surface area contributed by atoms with Crippen molar-refractivity contribution < 1.29 is 66.3 Å². The van der Waals surface area contributed by atoms with Crippen LogP contribution >= 0.6 is 34.5 Å². The van der Waals surface area contributed by atoms with Gasteiger partial charge in [0.1, 0.15) is 40.1 Å². The van der Waals surface area contributed by atoms with Crippen molar-refractivity contribution >= 4 is 40.3 Å². The standard InChI is InChI=1S/C15H20O6.C10H6Cl2FNOS.CH4N.Y/c1-9(2)14(17)13-11(16)8-12(21-15(13)18)10(3)6-4-5-7-20-19;1-5-9(12)14-10(16-5)15-6-2-3-8(13)7(11)4-6;1-2;/h5,7-10,16,19H,4,6H2,1-3H3;2-4H,1H3;2H,1H3;/q;;-1;/b7-5-;;;. The monoisotopic (exact) mass is 692 g/mol. The summed E-state index contributed by atoms with van der Waals surface area (Å²) in [7, 11) is 1.25. The number of aryl methyl sites for hydroxylation is 1. The van der Waals surface area contributed by atoms with Crippen molar-refractivity contribution in [1.29, 1.82) is 0 Å². The van der Waals surface area contributed by atoms with E-state index in [-0.39, 0.29) is 55.0 Å². The van der Waals surface area contributed by atoms with Crippen LogP contribution < -0.4 is 10.4 Å². The van der Waals surface area contributed by atoms with Crippen molar-refractivity contribution in [2.24, 2.45) is 5.92 Å². The molecule has 0 aliphatic rings. The van der Waals surface area contributed by atoms with Crippen LogP contribution in [0.25, 0.3) is 5.73 Å². The molecule has 9 nitrogen and oxygen atoms in total. The maximum absolute atomic E-state index is 12.9. The fourth-order valence-electron chi connectivity index (χ4n) is 2.90. The van der Waals surface area contributed by atoms with Crippen molar-refractivity contribution in [3.05, 3.63) is 85.0 Å².